The first kappa shape index (κ1) is 16.4. The number of rotatable bonds is 7. The lowest BCUT2D eigenvalue weighted by atomic mass is 9.88. The van der Waals surface area contributed by atoms with E-state index in [2.05, 4.69) is 19.2 Å². The molecule has 0 aliphatic heterocycles. The van der Waals surface area contributed by atoms with Crippen molar-refractivity contribution in [2.24, 2.45) is 5.41 Å². The van der Waals surface area contributed by atoms with Crippen LogP contribution in [0.4, 0.5) is 0 Å². The monoisotopic (exact) mass is 275 g/mol. The summed E-state index contributed by atoms with van der Waals surface area (Å²) < 4.78 is 0. The first-order valence-electron chi connectivity index (χ1n) is 7.07. The second-order valence-corrected chi connectivity index (χ2v) is 5.90. The van der Waals surface area contributed by atoms with Crippen LogP contribution in [0.5, 0.6) is 0 Å². The van der Waals surface area contributed by atoms with Gasteiger partial charge < -0.3 is 10.4 Å². The minimum absolute atomic E-state index is 0.00882. The van der Waals surface area contributed by atoms with Crippen molar-refractivity contribution in [3.05, 3.63) is 41.5 Å². The molecule has 3 nitrogen and oxygen atoms in total. The quantitative estimate of drug-likeness (QED) is 0.752. The van der Waals surface area contributed by atoms with E-state index in [-0.39, 0.29) is 17.9 Å². The van der Waals surface area contributed by atoms with Gasteiger partial charge in [0.2, 0.25) is 5.91 Å². The Hall–Kier alpha value is -1.61. The van der Waals surface area contributed by atoms with Gasteiger partial charge in [0, 0.05) is 19.2 Å². The first-order valence-corrected chi connectivity index (χ1v) is 7.07. The standard InChI is InChI=1S/C17H25NO2/c1-14-7-4-5-8-15(14)9-10-16(20)18-13-17(2,3)11-6-12-19/h4-5,7-10,19H,6,11-13H2,1-3H3,(H,18,20)/b10-9+. The summed E-state index contributed by atoms with van der Waals surface area (Å²) in [7, 11) is 0. The molecule has 20 heavy (non-hydrogen) atoms. The normalized spacial score (nSPS) is 11.8. The van der Waals surface area contributed by atoms with Crippen LogP contribution in [0.25, 0.3) is 6.08 Å². The molecule has 0 fully saturated rings. The molecule has 0 aliphatic rings. The van der Waals surface area contributed by atoms with Crippen molar-refractivity contribution in [2.75, 3.05) is 13.2 Å². The molecule has 110 valence electrons. The molecule has 0 bridgehead atoms. The van der Waals surface area contributed by atoms with Gasteiger partial charge >= 0.3 is 0 Å². The van der Waals surface area contributed by atoms with E-state index in [4.69, 9.17) is 5.11 Å². The number of nitrogens with one attached hydrogen (secondary N) is 1. The van der Waals surface area contributed by atoms with Gasteiger partial charge in [0.05, 0.1) is 0 Å². The van der Waals surface area contributed by atoms with Gasteiger partial charge in [-0.15, -0.1) is 0 Å². The van der Waals surface area contributed by atoms with E-state index >= 15 is 0 Å². The molecule has 0 unspecified atom stereocenters. The fraction of sp³-hybridized carbons (Fsp3) is 0.471. The zero-order chi connectivity index (χ0) is 15.0. The molecule has 0 aromatic heterocycles. The number of carbonyl (C=O) groups excluding carboxylic acids is 1. The topological polar surface area (TPSA) is 49.3 Å². The van der Waals surface area contributed by atoms with Crippen molar-refractivity contribution in [1.82, 2.24) is 5.32 Å². The molecule has 0 atom stereocenters. The highest BCUT2D eigenvalue weighted by Crippen LogP contribution is 2.20. The maximum Gasteiger partial charge on any atom is 0.244 e. The molecule has 0 saturated carbocycles. The Bertz CT molecular complexity index is 464. The summed E-state index contributed by atoms with van der Waals surface area (Å²) in [5.74, 6) is -0.0784. The van der Waals surface area contributed by atoms with Gasteiger partial charge in [-0.05, 0) is 42.4 Å². The summed E-state index contributed by atoms with van der Waals surface area (Å²) in [4.78, 5) is 11.8. The number of amides is 1. The number of carbonyl (C=O) groups is 1. The third-order valence-corrected chi connectivity index (χ3v) is 3.36. The molecule has 2 N–H and O–H groups in total. The van der Waals surface area contributed by atoms with E-state index in [1.807, 2.05) is 37.3 Å². The largest absolute Gasteiger partial charge is 0.396 e. The lowest BCUT2D eigenvalue weighted by Gasteiger charge is -2.24. The van der Waals surface area contributed by atoms with Crippen molar-refractivity contribution in [3.8, 4) is 0 Å². The fourth-order valence-electron chi connectivity index (χ4n) is 1.97. The minimum atomic E-state index is -0.0784. The van der Waals surface area contributed by atoms with E-state index in [0.29, 0.717) is 6.54 Å². The number of benzene rings is 1. The van der Waals surface area contributed by atoms with Gasteiger partial charge in [0.15, 0.2) is 0 Å². The van der Waals surface area contributed by atoms with Crippen LogP contribution in [0.1, 0.15) is 37.8 Å². The van der Waals surface area contributed by atoms with Crippen LogP contribution in [0.3, 0.4) is 0 Å². The highest BCUT2D eigenvalue weighted by Gasteiger charge is 2.17. The first-order chi connectivity index (χ1) is 9.44. The predicted molar refractivity (Wildman–Crippen MR) is 83.3 cm³/mol. The molecular formula is C17H25NO2. The van der Waals surface area contributed by atoms with Crippen molar-refractivity contribution < 1.29 is 9.90 Å². The summed E-state index contributed by atoms with van der Waals surface area (Å²) in [6, 6.07) is 7.96. The predicted octanol–water partition coefficient (Wildman–Crippen LogP) is 2.92. The van der Waals surface area contributed by atoms with E-state index in [1.54, 1.807) is 6.08 Å². The number of aliphatic hydroxyl groups is 1. The second-order valence-electron chi connectivity index (χ2n) is 5.90. The van der Waals surface area contributed by atoms with Crippen molar-refractivity contribution in [2.45, 2.75) is 33.6 Å². The van der Waals surface area contributed by atoms with Gasteiger partial charge in [-0.1, -0.05) is 38.1 Å². The lowest BCUT2D eigenvalue weighted by Crippen LogP contribution is -2.33. The minimum Gasteiger partial charge on any atom is -0.396 e. The summed E-state index contributed by atoms with van der Waals surface area (Å²) in [5, 5.41) is 11.8. The number of aryl methyl sites for hydroxylation is 1. The fourth-order valence-corrected chi connectivity index (χ4v) is 1.97. The maximum absolute atomic E-state index is 11.8. The lowest BCUT2D eigenvalue weighted by molar-refractivity contribution is -0.116. The van der Waals surface area contributed by atoms with Crippen LogP contribution in [-0.2, 0) is 4.79 Å². The van der Waals surface area contributed by atoms with Crippen LogP contribution in [0, 0.1) is 12.3 Å². The van der Waals surface area contributed by atoms with Crippen LogP contribution in [0.2, 0.25) is 0 Å². The molecule has 1 aromatic rings. The number of hydrogen-bond acceptors (Lipinski definition) is 2. The molecule has 1 aromatic carbocycles. The third kappa shape index (κ3) is 6.02. The smallest absolute Gasteiger partial charge is 0.244 e. The van der Waals surface area contributed by atoms with Gasteiger partial charge in [0.1, 0.15) is 0 Å². The van der Waals surface area contributed by atoms with Crippen molar-refractivity contribution >= 4 is 12.0 Å². The van der Waals surface area contributed by atoms with Gasteiger partial charge in [-0.25, -0.2) is 0 Å². The molecule has 0 spiro atoms. The molecule has 0 saturated heterocycles. The van der Waals surface area contributed by atoms with Crippen LogP contribution >= 0.6 is 0 Å². The van der Waals surface area contributed by atoms with Crippen molar-refractivity contribution in [1.29, 1.82) is 0 Å². The van der Waals surface area contributed by atoms with Gasteiger partial charge in [-0.2, -0.15) is 0 Å². The van der Waals surface area contributed by atoms with E-state index in [0.717, 1.165) is 24.0 Å². The Labute approximate surface area is 121 Å². The van der Waals surface area contributed by atoms with Crippen LogP contribution in [0.15, 0.2) is 30.3 Å². The molecule has 0 heterocycles. The Kier molecular flexibility index (Phi) is 6.46. The zero-order valence-electron chi connectivity index (χ0n) is 12.6. The molecule has 0 radical (unpaired) electrons. The third-order valence-electron chi connectivity index (χ3n) is 3.36. The zero-order valence-corrected chi connectivity index (χ0v) is 12.6. The highest BCUT2D eigenvalue weighted by atomic mass is 16.2. The summed E-state index contributed by atoms with van der Waals surface area (Å²) in [6.45, 7) is 7.02. The molecule has 0 aliphatic carbocycles. The van der Waals surface area contributed by atoms with Gasteiger partial charge in [0.25, 0.3) is 0 Å². The summed E-state index contributed by atoms with van der Waals surface area (Å²) in [5.41, 5.74) is 2.22. The Morgan fingerprint density at radius 2 is 2.05 bits per heavy atom. The highest BCUT2D eigenvalue weighted by molar-refractivity contribution is 5.91. The number of aliphatic hydroxyl groups excluding tert-OH is 1. The summed E-state index contributed by atoms with van der Waals surface area (Å²) in [6.07, 6.45) is 5.07. The maximum atomic E-state index is 11.8. The van der Waals surface area contributed by atoms with Crippen LogP contribution < -0.4 is 5.32 Å². The second kappa shape index (κ2) is 7.85. The molecular weight excluding hydrogens is 250 g/mol. The SMILES string of the molecule is Cc1ccccc1/C=C/C(=O)NCC(C)(C)CCCO. The van der Waals surface area contributed by atoms with Crippen molar-refractivity contribution in [3.63, 3.8) is 0 Å². The molecule has 1 amide bonds. The molecule has 1 rings (SSSR count). The van der Waals surface area contributed by atoms with Crippen LogP contribution in [-0.4, -0.2) is 24.2 Å². The average molecular weight is 275 g/mol. The Balaban J connectivity index is 2.46. The van der Waals surface area contributed by atoms with Gasteiger partial charge in [-0.3, -0.25) is 4.79 Å². The summed E-state index contributed by atoms with van der Waals surface area (Å²) >= 11 is 0. The van der Waals surface area contributed by atoms with E-state index in [9.17, 15) is 4.79 Å². The van der Waals surface area contributed by atoms with E-state index in [1.165, 1.54) is 0 Å². The van der Waals surface area contributed by atoms with E-state index < -0.39 is 0 Å². The average Bonchev–Trinajstić information content (AvgIpc) is 2.42. The molecule has 3 heteroatoms. The number of hydrogen-bond donors (Lipinski definition) is 2. The Morgan fingerprint density at radius 3 is 2.70 bits per heavy atom. The Morgan fingerprint density at radius 1 is 1.35 bits per heavy atom.